The summed E-state index contributed by atoms with van der Waals surface area (Å²) in [4.78, 5) is 7.90. The standard InChI is InChI=1S/C11H9F3N4S/c1-19-11-17-8(15)4-9(18-11)16-7-3-5(12)2-6(13)10(7)14/h2-4H,1H3,(H3,15,16,17,18). The number of thioether (sulfide) groups is 1. The SMILES string of the molecule is CSc1nc(N)cc(Nc2cc(F)cc(F)c2F)n1. The molecule has 1 aromatic carbocycles. The Balaban J connectivity index is 2.38. The second-order valence-corrected chi connectivity index (χ2v) is 4.31. The fourth-order valence-electron chi connectivity index (χ4n) is 1.38. The van der Waals surface area contributed by atoms with Crippen LogP contribution in [0.25, 0.3) is 0 Å². The van der Waals surface area contributed by atoms with E-state index in [4.69, 9.17) is 5.73 Å². The van der Waals surface area contributed by atoms with Crippen LogP contribution in [0.15, 0.2) is 23.4 Å². The van der Waals surface area contributed by atoms with Crippen molar-refractivity contribution >= 4 is 29.1 Å². The molecule has 0 saturated heterocycles. The van der Waals surface area contributed by atoms with E-state index in [9.17, 15) is 13.2 Å². The molecule has 0 atom stereocenters. The van der Waals surface area contributed by atoms with Gasteiger partial charge >= 0.3 is 0 Å². The number of aromatic nitrogens is 2. The Kier molecular flexibility index (Phi) is 3.79. The number of halogens is 3. The molecule has 100 valence electrons. The number of anilines is 3. The molecular weight excluding hydrogens is 277 g/mol. The monoisotopic (exact) mass is 286 g/mol. The molecule has 1 heterocycles. The Morgan fingerprint density at radius 3 is 2.58 bits per heavy atom. The van der Waals surface area contributed by atoms with Crippen LogP contribution in [0.2, 0.25) is 0 Å². The first-order chi connectivity index (χ1) is 8.99. The maximum atomic E-state index is 13.5. The number of nitrogens with two attached hydrogens (primary N) is 1. The highest BCUT2D eigenvalue weighted by molar-refractivity contribution is 7.98. The van der Waals surface area contributed by atoms with Crippen molar-refractivity contribution in [1.82, 2.24) is 9.97 Å². The van der Waals surface area contributed by atoms with Crippen molar-refractivity contribution in [2.45, 2.75) is 5.16 Å². The van der Waals surface area contributed by atoms with Gasteiger partial charge in [0.1, 0.15) is 17.5 Å². The molecule has 4 nitrogen and oxygen atoms in total. The molecule has 0 aliphatic rings. The molecule has 3 N–H and O–H groups in total. The molecule has 0 fully saturated rings. The minimum Gasteiger partial charge on any atom is -0.383 e. The van der Waals surface area contributed by atoms with E-state index in [0.29, 0.717) is 11.2 Å². The van der Waals surface area contributed by atoms with Gasteiger partial charge < -0.3 is 11.1 Å². The number of rotatable bonds is 3. The molecule has 19 heavy (non-hydrogen) atoms. The molecule has 0 radical (unpaired) electrons. The zero-order valence-electron chi connectivity index (χ0n) is 9.75. The van der Waals surface area contributed by atoms with Gasteiger partial charge in [0, 0.05) is 18.2 Å². The van der Waals surface area contributed by atoms with Crippen LogP contribution >= 0.6 is 11.8 Å². The Bertz CT molecular complexity index is 621. The van der Waals surface area contributed by atoms with Gasteiger partial charge in [0.25, 0.3) is 0 Å². The van der Waals surface area contributed by atoms with E-state index in [-0.39, 0.29) is 17.3 Å². The average Bonchev–Trinajstić information content (AvgIpc) is 2.34. The summed E-state index contributed by atoms with van der Waals surface area (Å²) < 4.78 is 39.5. The molecule has 0 unspecified atom stereocenters. The van der Waals surface area contributed by atoms with Crippen LogP contribution in [0, 0.1) is 17.5 Å². The van der Waals surface area contributed by atoms with Crippen LogP contribution < -0.4 is 11.1 Å². The van der Waals surface area contributed by atoms with E-state index in [1.807, 2.05) is 0 Å². The van der Waals surface area contributed by atoms with Crippen molar-refractivity contribution in [3.63, 3.8) is 0 Å². The second-order valence-electron chi connectivity index (χ2n) is 3.54. The lowest BCUT2D eigenvalue weighted by atomic mass is 10.3. The predicted molar refractivity (Wildman–Crippen MR) is 67.8 cm³/mol. The van der Waals surface area contributed by atoms with Crippen molar-refractivity contribution < 1.29 is 13.2 Å². The maximum Gasteiger partial charge on any atom is 0.191 e. The highest BCUT2D eigenvalue weighted by atomic mass is 32.2. The maximum absolute atomic E-state index is 13.5. The van der Waals surface area contributed by atoms with Crippen LogP contribution in [0.5, 0.6) is 0 Å². The van der Waals surface area contributed by atoms with E-state index in [2.05, 4.69) is 15.3 Å². The zero-order valence-corrected chi connectivity index (χ0v) is 10.6. The van der Waals surface area contributed by atoms with Gasteiger partial charge in [-0.25, -0.2) is 23.1 Å². The molecule has 0 aliphatic heterocycles. The molecule has 8 heteroatoms. The lowest BCUT2D eigenvalue weighted by Crippen LogP contribution is -2.02. The van der Waals surface area contributed by atoms with Gasteiger partial charge in [0.2, 0.25) is 0 Å². The fraction of sp³-hybridized carbons (Fsp3) is 0.0909. The molecule has 2 rings (SSSR count). The quantitative estimate of drug-likeness (QED) is 0.516. The van der Waals surface area contributed by atoms with Crippen LogP contribution in [-0.2, 0) is 0 Å². The lowest BCUT2D eigenvalue weighted by molar-refractivity contribution is 0.498. The van der Waals surface area contributed by atoms with Crippen LogP contribution in [0.4, 0.5) is 30.5 Å². The first-order valence-electron chi connectivity index (χ1n) is 5.09. The highest BCUT2D eigenvalue weighted by Gasteiger charge is 2.12. The van der Waals surface area contributed by atoms with Gasteiger partial charge in [-0.05, 0) is 6.26 Å². The highest BCUT2D eigenvalue weighted by Crippen LogP contribution is 2.24. The second kappa shape index (κ2) is 5.35. The lowest BCUT2D eigenvalue weighted by Gasteiger charge is -2.09. The summed E-state index contributed by atoms with van der Waals surface area (Å²) >= 11 is 1.23. The molecule has 1 aromatic heterocycles. The fourth-order valence-corrected chi connectivity index (χ4v) is 1.77. The van der Waals surface area contributed by atoms with E-state index in [0.717, 1.165) is 6.07 Å². The van der Waals surface area contributed by atoms with Gasteiger partial charge in [-0.3, -0.25) is 0 Å². The van der Waals surface area contributed by atoms with Crippen molar-refractivity contribution in [3.05, 3.63) is 35.7 Å². The predicted octanol–water partition coefficient (Wildman–Crippen LogP) is 2.94. The summed E-state index contributed by atoms with van der Waals surface area (Å²) in [6.07, 6.45) is 1.74. The zero-order chi connectivity index (χ0) is 14.0. The van der Waals surface area contributed by atoms with E-state index < -0.39 is 17.5 Å². The van der Waals surface area contributed by atoms with E-state index in [1.165, 1.54) is 17.8 Å². The Morgan fingerprint density at radius 1 is 1.16 bits per heavy atom. The Labute approximate surface area is 111 Å². The molecule has 0 aliphatic carbocycles. The van der Waals surface area contributed by atoms with Crippen LogP contribution in [-0.4, -0.2) is 16.2 Å². The summed E-state index contributed by atoms with van der Waals surface area (Å²) in [7, 11) is 0. The Morgan fingerprint density at radius 2 is 1.89 bits per heavy atom. The smallest absolute Gasteiger partial charge is 0.191 e. The third kappa shape index (κ3) is 3.08. The minimum atomic E-state index is -1.28. The summed E-state index contributed by atoms with van der Waals surface area (Å²) in [6.45, 7) is 0. The number of nitrogens with one attached hydrogen (secondary N) is 1. The van der Waals surface area contributed by atoms with Gasteiger partial charge in [-0.2, -0.15) is 0 Å². The van der Waals surface area contributed by atoms with Crippen molar-refractivity contribution in [2.75, 3.05) is 17.3 Å². The van der Waals surface area contributed by atoms with Crippen molar-refractivity contribution in [1.29, 1.82) is 0 Å². The summed E-state index contributed by atoms with van der Waals surface area (Å²) in [5.74, 6) is -3.05. The summed E-state index contributed by atoms with van der Waals surface area (Å²) in [6, 6.07) is 2.62. The number of nitrogens with zero attached hydrogens (tertiary/aromatic N) is 2. The normalized spacial score (nSPS) is 10.5. The average molecular weight is 286 g/mol. The first kappa shape index (κ1) is 13.5. The molecule has 0 bridgehead atoms. The molecular formula is C11H9F3N4S. The van der Waals surface area contributed by atoms with Gasteiger partial charge in [0.05, 0.1) is 5.69 Å². The van der Waals surface area contributed by atoms with Crippen molar-refractivity contribution in [3.8, 4) is 0 Å². The van der Waals surface area contributed by atoms with Crippen LogP contribution in [0.1, 0.15) is 0 Å². The Hall–Kier alpha value is -1.96. The third-order valence-electron chi connectivity index (χ3n) is 2.16. The van der Waals surface area contributed by atoms with Gasteiger partial charge in [0.15, 0.2) is 16.8 Å². The van der Waals surface area contributed by atoms with Gasteiger partial charge in [-0.1, -0.05) is 11.8 Å². The van der Waals surface area contributed by atoms with Gasteiger partial charge in [-0.15, -0.1) is 0 Å². The number of benzene rings is 1. The number of hydrogen-bond donors (Lipinski definition) is 2. The molecule has 0 amide bonds. The van der Waals surface area contributed by atoms with Crippen molar-refractivity contribution in [2.24, 2.45) is 0 Å². The number of hydrogen-bond acceptors (Lipinski definition) is 5. The van der Waals surface area contributed by atoms with E-state index >= 15 is 0 Å². The first-order valence-corrected chi connectivity index (χ1v) is 6.32. The largest absolute Gasteiger partial charge is 0.383 e. The molecule has 0 saturated carbocycles. The summed E-state index contributed by atoms with van der Waals surface area (Å²) in [5.41, 5.74) is 5.18. The number of nitrogen functional groups attached to an aromatic ring is 1. The van der Waals surface area contributed by atoms with E-state index in [1.54, 1.807) is 6.26 Å². The molecule has 0 spiro atoms. The minimum absolute atomic E-state index is 0.153. The third-order valence-corrected chi connectivity index (χ3v) is 2.71. The van der Waals surface area contributed by atoms with Crippen LogP contribution in [0.3, 0.4) is 0 Å². The molecule has 2 aromatic rings. The topological polar surface area (TPSA) is 63.8 Å². The summed E-state index contributed by atoms with van der Waals surface area (Å²) in [5, 5.41) is 2.83.